The van der Waals surface area contributed by atoms with Crippen molar-refractivity contribution in [3.63, 3.8) is 0 Å². The van der Waals surface area contributed by atoms with Crippen molar-refractivity contribution in [2.24, 2.45) is 0 Å². The van der Waals surface area contributed by atoms with E-state index < -0.39 is 0 Å². The molecule has 1 aromatic rings. The summed E-state index contributed by atoms with van der Waals surface area (Å²) in [7, 11) is 0. The highest BCUT2D eigenvalue weighted by molar-refractivity contribution is 5.11. The van der Waals surface area contributed by atoms with Crippen molar-refractivity contribution in [1.29, 1.82) is 0 Å². The Hall–Kier alpha value is -0.830. The number of H-pyrrole nitrogens is 1. The number of rotatable bonds is 3. The molecule has 1 heterocycles. The second-order valence-corrected chi connectivity index (χ2v) is 6.42. The summed E-state index contributed by atoms with van der Waals surface area (Å²) < 4.78 is 0. The first-order valence-corrected chi connectivity index (χ1v) is 5.98. The lowest BCUT2D eigenvalue weighted by Gasteiger charge is -2.20. The van der Waals surface area contributed by atoms with Crippen molar-refractivity contribution in [3.05, 3.63) is 17.7 Å². The second kappa shape index (κ2) is 4.58. The number of nitrogens with zero attached hydrogens (tertiary/aromatic N) is 1. The molecule has 0 fully saturated rings. The van der Waals surface area contributed by atoms with Crippen LogP contribution in [0.25, 0.3) is 0 Å². The molecular formula is C13H25N3. The van der Waals surface area contributed by atoms with Gasteiger partial charge in [-0.1, -0.05) is 20.8 Å². The van der Waals surface area contributed by atoms with Gasteiger partial charge in [0.15, 0.2) is 0 Å². The minimum Gasteiger partial charge on any atom is -0.345 e. The minimum atomic E-state index is 0.155. The van der Waals surface area contributed by atoms with E-state index in [1.54, 1.807) is 0 Å². The van der Waals surface area contributed by atoms with Crippen LogP contribution in [-0.4, -0.2) is 22.1 Å². The lowest BCUT2D eigenvalue weighted by Crippen LogP contribution is -2.37. The van der Waals surface area contributed by atoms with E-state index in [0.29, 0.717) is 0 Å². The first-order chi connectivity index (χ1) is 7.18. The Labute approximate surface area is 99.1 Å². The van der Waals surface area contributed by atoms with Gasteiger partial charge in [0.1, 0.15) is 5.82 Å². The molecule has 0 unspecified atom stereocenters. The fourth-order valence-electron chi connectivity index (χ4n) is 1.43. The molecule has 0 saturated carbocycles. The summed E-state index contributed by atoms with van der Waals surface area (Å²) in [4.78, 5) is 7.79. The quantitative estimate of drug-likeness (QED) is 0.827. The third kappa shape index (κ3) is 4.35. The van der Waals surface area contributed by atoms with E-state index in [9.17, 15) is 0 Å². The Morgan fingerprint density at radius 3 is 2.25 bits per heavy atom. The van der Waals surface area contributed by atoms with Crippen molar-refractivity contribution in [3.8, 4) is 0 Å². The van der Waals surface area contributed by atoms with Gasteiger partial charge in [-0.15, -0.1) is 0 Å². The average molecular weight is 223 g/mol. The lowest BCUT2D eigenvalue weighted by atomic mass is 9.93. The van der Waals surface area contributed by atoms with Gasteiger partial charge in [-0.2, -0.15) is 0 Å². The highest BCUT2D eigenvalue weighted by atomic mass is 15.0. The molecule has 2 N–H and O–H groups in total. The summed E-state index contributed by atoms with van der Waals surface area (Å²) in [6.07, 6.45) is 2.90. The van der Waals surface area contributed by atoms with Crippen LogP contribution in [0.4, 0.5) is 0 Å². The van der Waals surface area contributed by atoms with Gasteiger partial charge in [-0.25, -0.2) is 4.98 Å². The molecule has 92 valence electrons. The Morgan fingerprint density at radius 2 is 1.81 bits per heavy atom. The number of hydrogen-bond donors (Lipinski definition) is 2. The van der Waals surface area contributed by atoms with Crippen LogP contribution in [0.2, 0.25) is 0 Å². The van der Waals surface area contributed by atoms with Crippen LogP contribution in [-0.2, 0) is 11.8 Å². The minimum absolute atomic E-state index is 0.155. The molecule has 3 heteroatoms. The smallest absolute Gasteiger partial charge is 0.107 e. The van der Waals surface area contributed by atoms with E-state index in [1.165, 1.54) is 5.69 Å². The zero-order chi connectivity index (χ0) is 12.4. The molecule has 0 aliphatic carbocycles. The topological polar surface area (TPSA) is 40.7 Å². The fourth-order valence-corrected chi connectivity index (χ4v) is 1.43. The van der Waals surface area contributed by atoms with Gasteiger partial charge in [0.05, 0.1) is 0 Å². The zero-order valence-corrected chi connectivity index (χ0v) is 11.4. The first kappa shape index (κ1) is 13.2. The van der Waals surface area contributed by atoms with Gasteiger partial charge in [0.25, 0.3) is 0 Å². The van der Waals surface area contributed by atoms with Crippen molar-refractivity contribution in [2.45, 2.75) is 58.9 Å². The molecule has 1 aromatic heterocycles. The van der Waals surface area contributed by atoms with E-state index >= 15 is 0 Å². The third-order valence-corrected chi connectivity index (χ3v) is 2.45. The Kier molecular flexibility index (Phi) is 3.79. The van der Waals surface area contributed by atoms with Gasteiger partial charge in [0.2, 0.25) is 0 Å². The van der Waals surface area contributed by atoms with E-state index in [0.717, 1.165) is 18.8 Å². The predicted molar refractivity (Wildman–Crippen MR) is 68.7 cm³/mol. The summed E-state index contributed by atoms with van der Waals surface area (Å²) >= 11 is 0. The molecule has 0 amide bonds. The number of hydrogen-bond acceptors (Lipinski definition) is 2. The number of aromatic nitrogens is 2. The molecular weight excluding hydrogens is 198 g/mol. The molecule has 0 atom stereocenters. The molecule has 0 spiro atoms. The van der Waals surface area contributed by atoms with Crippen LogP contribution < -0.4 is 5.32 Å². The van der Waals surface area contributed by atoms with Crippen LogP contribution >= 0.6 is 0 Å². The normalized spacial score (nSPS) is 13.1. The molecule has 0 bridgehead atoms. The zero-order valence-electron chi connectivity index (χ0n) is 11.4. The van der Waals surface area contributed by atoms with Gasteiger partial charge in [-0.3, -0.25) is 0 Å². The molecule has 1 rings (SSSR count). The standard InChI is InChI=1S/C13H25N3/c1-12(2,3)10-9-14-11(16-10)7-8-15-13(4,5)6/h9,15H,7-8H2,1-6H3,(H,14,16). The van der Waals surface area contributed by atoms with E-state index in [2.05, 4.69) is 56.8 Å². The predicted octanol–water partition coefficient (Wildman–Crippen LogP) is 2.64. The Morgan fingerprint density at radius 1 is 1.19 bits per heavy atom. The monoisotopic (exact) mass is 223 g/mol. The van der Waals surface area contributed by atoms with Crippen molar-refractivity contribution >= 4 is 0 Å². The summed E-state index contributed by atoms with van der Waals surface area (Å²) in [5.74, 6) is 1.07. The van der Waals surface area contributed by atoms with E-state index in [4.69, 9.17) is 0 Å². The van der Waals surface area contributed by atoms with Crippen LogP contribution in [0.5, 0.6) is 0 Å². The van der Waals surface area contributed by atoms with Gasteiger partial charge < -0.3 is 10.3 Å². The van der Waals surface area contributed by atoms with Crippen LogP contribution in [0.3, 0.4) is 0 Å². The van der Waals surface area contributed by atoms with Crippen molar-refractivity contribution in [2.75, 3.05) is 6.54 Å². The van der Waals surface area contributed by atoms with E-state index in [1.807, 2.05) is 6.20 Å². The molecule has 0 aliphatic rings. The fraction of sp³-hybridized carbons (Fsp3) is 0.769. The number of nitrogens with one attached hydrogen (secondary N) is 2. The average Bonchev–Trinajstić information content (AvgIpc) is 2.49. The van der Waals surface area contributed by atoms with Gasteiger partial charge >= 0.3 is 0 Å². The maximum absolute atomic E-state index is 4.41. The van der Waals surface area contributed by atoms with Crippen LogP contribution in [0.15, 0.2) is 6.20 Å². The number of imidazole rings is 1. The molecule has 0 aliphatic heterocycles. The Balaban J connectivity index is 2.48. The summed E-state index contributed by atoms with van der Waals surface area (Å²) in [6, 6.07) is 0. The molecule has 3 nitrogen and oxygen atoms in total. The largest absolute Gasteiger partial charge is 0.345 e. The van der Waals surface area contributed by atoms with E-state index in [-0.39, 0.29) is 11.0 Å². The SMILES string of the molecule is CC(C)(C)NCCc1ncc(C(C)(C)C)[nH]1. The first-order valence-electron chi connectivity index (χ1n) is 5.98. The number of aromatic amines is 1. The Bertz CT molecular complexity index is 326. The maximum atomic E-state index is 4.41. The van der Waals surface area contributed by atoms with Gasteiger partial charge in [-0.05, 0) is 20.8 Å². The molecule has 0 saturated heterocycles. The summed E-state index contributed by atoms with van der Waals surface area (Å²) in [6.45, 7) is 14.1. The third-order valence-electron chi connectivity index (χ3n) is 2.45. The van der Waals surface area contributed by atoms with Crippen LogP contribution in [0, 0.1) is 0 Å². The highest BCUT2D eigenvalue weighted by Gasteiger charge is 2.16. The van der Waals surface area contributed by atoms with Gasteiger partial charge in [0, 0.05) is 35.8 Å². The molecule has 0 aromatic carbocycles. The summed E-state index contributed by atoms with van der Waals surface area (Å²) in [5, 5.41) is 3.46. The maximum Gasteiger partial charge on any atom is 0.107 e. The summed E-state index contributed by atoms with van der Waals surface area (Å²) in [5.41, 5.74) is 1.54. The highest BCUT2D eigenvalue weighted by Crippen LogP contribution is 2.19. The molecule has 0 radical (unpaired) electrons. The van der Waals surface area contributed by atoms with Crippen molar-refractivity contribution in [1.82, 2.24) is 15.3 Å². The van der Waals surface area contributed by atoms with Crippen molar-refractivity contribution < 1.29 is 0 Å². The second-order valence-electron chi connectivity index (χ2n) is 6.42. The molecule has 16 heavy (non-hydrogen) atoms. The van der Waals surface area contributed by atoms with Crippen LogP contribution in [0.1, 0.15) is 53.1 Å². The lowest BCUT2D eigenvalue weighted by molar-refractivity contribution is 0.427.